The lowest BCUT2D eigenvalue weighted by Crippen LogP contribution is -2.29. The summed E-state index contributed by atoms with van der Waals surface area (Å²) in [7, 11) is 9.53. The fourth-order valence-electron chi connectivity index (χ4n) is 3.61. The standard InChI is InChI=1S/C25H32ClN7O2/c1-8-23(34)28-19-11-20(22(35-7)12-21(19)33(6)10-9-31(3)4)29-25-27-13-18(26)24(30-25)17-15-32(5)14-16(17)2/h8,11-15H,1,9-10H2,2-7H3,(H,28,34)(H,27,29,30). The molecule has 186 valence electrons. The molecule has 2 N–H and O–H groups in total. The second kappa shape index (κ2) is 11.2. The Labute approximate surface area is 211 Å². The maximum Gasteiger partial charge on any atom is 0.247 e. The van der Waals surface area contributed by atoms with Crippen LogP contribution >= 0.6 is 11.6 Å². The van der Waals surface area contributed by atoms with Gasteiger partial charge >= 0.3 is 0 Å². The van der Waals surface area contributed by atoms with E-state index in [0.29, 0.717) is 33.8 Å². The monoisotopic (exact) mass is 497 g/mol. The first-order valence-corrected chi connectivity index (χ1v) is 11.4. The molecule has 0 spiro atoms. The Morgan fingerprint density at radius 2 is 1.97 bits per heavy atom. The third-order valence-corrected chi connectivity index (χ3v) is 5.73. The van der Waals surface area contributed by atoms with E-state index in [0.717, 1.165) is 29.9 Å². The normalized spacial score (nSPS) is 10.9. The molecule has 0 unspecified atom stereocenters. The van der Waals surface area contributed by atoms with Gasteiger partial charge in [-0.15, -0.1) is 0 Å². The summed E-state index contributed by atoms with van der Waals surface area (Å²) in [5, 5.41) is 6.56. The second-order valence-corrected chi connectivity index (χ2v) is 8.93. The number of nitrogens with one attached hydrogen (secondary N) is 2. The second-order valence-electron chi connectivity index (χ2n) is 8.52. The maximum atomic E-state index is 12.2. The van der Waals surface area contributed by atoms with E-state index in [1.807, 2.05) is 58.1 Å². The molecule has 0 aliphatic rings. The molecular weight excluding hydrogens is 466 g/mol. The van der Waals surface area contributed by atoms with Crippen molar-refractivity contribution in [3.8, 4) is 17.0 Å². The lowest BCUT2D eigenvalue weighted by molar-refractivity contribution is -0.111. The van der Waals surface area contributed by atoms with Gasteiger partial charge in [0.2, 0.25) is 11.9 Å². The lowest BCUT2D eigenvalue weighted by atomic mass is 10.1. The molecule has 0 aliphatic heterocycles. The number of carbonyl (C=O) groups excluding carboxylic acids is 1. The maximum absolute atomic E-state index is 12.2. The fourth-order valence-corrected chi connectivity index (χ4v) is 3.80. The van der Waals surface area contributed by atoms with Crippen LogP contribution in [0.4, 0.5) is 23.0 Å². The van der Waals surface area contributed by atoms with Crippen molar-refractivity contribution in [3.63, 3.8) is 0 Å². The molecule has 2 aromatic heterocycles. The number of likely N-dealkylation sites (N-methyl/N-ethyl adjacent to an activating group) is 2. The van der Waals surface area contributed by atoms with Crippen LogP contribution in [0.15, 0.2) is 43.4 Å². The van der Waals surface area contributed by atoms with Crippen LogP contribution in [0.2, 0.25) is 5.02 Å². The summed E-state index contributed by atoms with van der Waals surface area (Å²) in [6.07, 6.45) is 6.77. The molecule has 0 bridgehead atoms. The van der Waals surface area contributed by atoms with E-state index in [2.05, 4.69) is 37.0 Å². The molecule has 0 saturated heterocycles. The van der Waals surface area contributed by atoms with Crippen molar-refractivity contribution in [1.82, 2.24) is 19.4 Å². The zero-order chi connectivity index (χ0) is 25.7. The topological polar surface area (TPSA) is 87.5 Å². The van der Waals surface area contributed by atoms with E-state index in [1.165, 1.54) is 6.08 Å². The molecule has 0 radical (unpaired) electrons. The number of nitrogens with zero attached hydrogens (tertiary/aromatic N) is 5. The highest BCUT2D eigenvalue weighted by Crippen LogP contribution is 2.38. The van der Waals surface area contributed by atoms with Crippen LogP contribution in [0.3, 0.4) is 0 Å². The third-order valence-electron chi connectivity index (χ3n) is 5.46. The molecule has 3 rings (SSSR count). The summed E-state index contributed by atoms with van der Waals surface area (Å²) < 4.78 is 7.62. The minimum atomic E-state index is -0.312. The number of amides is 1. The summed E-state index contributed by atoms with van der Waals surface area (Å²) in [6, 6.07) is 3.67. The zero-order valence-electron chi connectivity index (χ0n) is 21.0. The molecule has 0 aliphatic carbocycles. The van der Waals surface area contributed by atoms with E-state index >= 15 is 0 Å². The SMILES string of the molecule is C=CC(=O)Nc1cc(Nc2ncc(Cl)c(-c3cn(C)cc3C)n2)c(OC)cc1N(C)CCN(C)C. The third kappa shape index (κ3) is 6.32. The molecule has 0 atom stereocenters. The largest absolute Gasteiger partial charge is 0.494 e. The number of methoxy groups -OCH3 is 1. The van der Waals surface area contributed by atoms with Crippen molar-refractivity contribution < 1.29 is 9.53 Å². The summed E-state index contributed by atoms with van der Waals surface area (Å²) in [5.41, 5.74) is 4.61. The highest BCUT2D eigenvalue weighted by Gasteiger charge is 2.18. The van der Waals surface area contributed by atoms with Gasteiger partial charge in [-0.3, -0.25) is 4.79 Å². The van der Waals surface area contributed by atoms with Gasteiger partial charge in [-0.05, 0) is 38.7 Å². The molecule has 35 heavy (non-hydrogen) atoms. The molecule has 2 heterocycles. The summed E-state index contributed by atoms with van der Waals surface area (Å²) in [6.45, 7) is 7.16. The van der Waals surface area contributed by atoms with Crippen LogP contribution in [0, 0.1) is 6.92 Å². The number of benzene rings is 1. The highest BCUT2D eigenvalue weighted by molar-refractivity contribution is 6.33. The number of hydrogen-bond donors (Lipinski definition) is 2. The van der Waals surface area contributed by atoms with Crippen molar-refractivity contribution >= 4 is 40.5 Å². The summed E-state index contributed by atoms with van der Waals surface area (Å²) >= 11 is 6.43. The molecule has 1 aromatic carbocycles. The van der Waals surface area contributed by atoms with E-state index in [1.54, 1.807) is 19.4 Å². The Morgan fingerprint density at radius 1 is 1.23 bits per heavy atom. The van der Waals surface area contributed by atoms with E-state index in [4.69, 9.17) is 16.3 Å². The van der Waals surface area contributed by atoms with Crippen LogP contribution in [0.1, 0.15) is 5.56 Å². The minimum Gasteiger partial charge on any atom is -0.494 e. The number of ether oxygens (including phenoxy) is 1. The number of anilines is 4. The molecule has 1 amide bonds. The van der Waals surface area contributed by atoms with E-state index in [-0.39, 0.29) is 5.91 Å². The van der Waals surface area contributed by atoms with Gasteiger partial charge in [0.25, 0.3) is 0 Å². The Hall–Kier alpha value is -3.56. The molecule has 10 heteroatoms. The average Bonchev–Trinajstić information content (AvgIpc) is 3.16. The van der Waals surface area contributed by atoms with Crippen molar-refractivity contribution in [1.29, 1.82) is 0 Å². The van der Waals surface area contributed by atoms with E-state index < -0.39 is 0 Å². The number of hydrogen-bond acceptors (Lipinski definition) is 7. The van der Waals surface area contributed by atoms with Gasteiger partial charge in [-0.25, -0.2) is 9.97 Å². The van der Waals surface area contributed by atoms with Crippen molar-refractivity contribution in [2.75, 3.05) is 56.9 Å². The highest BCUT2D eigenvalue weighted by atomic mass is 35.5. The van der Waals surface area contributed by atoms with Crippen LogP contribution in [-0.4, -0.2) is 66.7 Å². The number of aromatic nitrogens is 3. The van der Waals surface area contributed by atoms with Gasteiger partial charge in [0, 0.05) is 51.2 Å². The van der Waals surface area contributed by atoms with E-state index in [9.17, 15) is 4.79 Å². The lowest BCUT2D eigenvalue weighted by Gasteiger charge is -2.26. The summed E-state index contributed by atoms with van der Waals surface area (Å²) in [5.74, 6) is 0.609. The number of halogens is 1. The number of carbonyl (C=O) groups is 1. The molecule has 0 saturated carbocycles. The predicted molar refractivity (Wildman–Crippen MR) is 143 cm³/mol. The fraction of sp³-hybridized carbons (Fsp3) is 0.320. The Kier molecular flexibility index (Phi) is 8.37. The van der Waals surface area contributed by atoms with Gasteiger partial charge in [0.05, 0.1) is 41.1 Å². The molecule has 9 nitrogen and oxygen atoms in total. The number of rotatable bonds is 10. The van der Waals surface area contributed by atoms with Gasteiger partial charge in [-0.1, -0.05) is 18.2 Å². The van der Waals surface area contributed by atoms with Crippen molar-refractivity contribution in [2.45, 2.75) is 6.92 Å². The molecular formula is C25H32ClN7O2. The minimum absolute atomic E-state index is 0.312. The van der Waals surface area contributed by atoms with Crippen LogP contribution in [0.5, 0.6) is 5.75 Å². The van der Waals surface area contributed by atoms with Crippen LogP contribution < -0.4 is 20.3 Å². The first-order chi connectivity index (χ1) is 16.6. The van der Waals surface area contributed by atoms with Crippen LogP contribution in [0.25, 0.3) is 11.3 Å². The van der Waals surface area contributed by atoms with Crippen molar-refractivity contribution in [2.24, 2.45) is 7.05 Å². The van der Waals surface area contributed by atoms with Gasteiger partial charge in [0.15, 0.2) is 0 Å². The van der Waals surface area contributed by atoms with Gasteiger partial charge in [-0.2, -0.15) is 0 Å². The molecule has 0 fully saturated rings. The predicted octanol–water partition coefficient (Wildman–Crippen LogP) is 4.32. The van der Waals surface area contributed by atoms with Gasteiger partial charge < -0.3 is 29.7 Å². The van der Waals surface area contributed by atoms with Crippen LogP contribution in [-0.2, 0) is 11.8 Å². The Bertz CT molecular complexity index is 1220. The Morgan fingerprint density at radius 3 is 2.57 bits per heavy atom. The Balaban J connectivity index is 2.02. The molecule has 3 aromatic rings. The average molecular weight is 498 g/mol. The van der Waals surface area contributed by atoms with Gasteiger partial charge in [0.1, 0.15) is 5.75 Å². The smallest absolute Gasteiger partial charge is 0.247 e. The first-order valence-electron chi connectivity index (χ1n) is 11.1. The number of aryl methyl sites for hydroxylation is 2. The van der Waals surface area contributed by atoms with Crippen molar-refractivity contribution in [3.05, 3.63) is 54.0 Å². The first kappa shape index (κ1) is 26.1. The zero-order valence-corrected chi connectivity index (χ0v) is 21.8. The quantitative estimate of drug-likeness (QED) is 0.403. The summed E-state index contributed by atoms with van der Waals surface area (Å²) in [4.78, 5) is 25.3.